The van der Waals surface area contributed by atoms with E-state index in [1.54, 1.807) is 6.20 Å². The Labute approximate surface area is 242 Å². The number of nitrogens with zero attached hydrogens (tertiary/aromatic N) is 3. The lowest BCUT2D eigenvalue weighted by molar-refractivity contribution is -0.120. The highest BCUT2D eigenvalue weighted by atomic mass is 19.1. The van der Waals surface area contributed by atoms with Gasteiger partial charge in [0, 0.05) is 54.1 Å². The lowest BCUT2D eigenvalue weighted by Crippen LogP contribution is -2.20. The van der Waals surface area contributed by atoms with Crippen LogP contribution in [0, 0.1) is 5.82 Å². The normalized spacial score (nSPS) is 18.1. The van der Waals surface area contributed by atoms with Crippen molar-refractivity contribution in [1.29, 1.82) is 0 Å². The standard InChI is InChI=1S/C34H32FN3O4/c35-26-9-11-27(12-10-26)37-31-18-25-20-36-38(34(40)42-21-22-5-2-1-3-6-22)30(25)19-29(31)32(24-7-4-8-28(39)17-24)33(37)23-13-15-41-16-14-23/h1-3,5-6,9-12,18-20,23-24H,4,7-8,13-17,21H2. The molecule has 2 aromatic heterocycles. The van der Waals surface area contributed by atoms with E-state index in [-0.39, 0.29) is 30.0 Å². The number of benzene rings is 3. The maximum Gasteiger partial charge on any atom is 0.435 e. The zero-order valence-corrected chi connectivity index (χ0v) is 23.3. The molecule has 1 atom stereocenters. The zero-order valence-electron chi connectivity index (χ0n) is 23.3. The molecule has 42 heavy (non-hydrogen) atoms. The van der Waals surface area contributed by atoms with Crippen molar-refractivity contribution in [2.45, 2.75) is 57.0 Å². The highest BCUT2D eigenvalue weighted by molar-refractivity contribution is 6.01. The second-order valence-corrected chi connectivity index (χ2v) is 11.4. The van der Waals surface area contributed by atoms with E-state index in [0.717, 1.165) is 58.8 Å². The Kier molecular flexibility index (Phi) is 7.07. The smallest absolute Gasteiger partial charge is 0.435 e. The van der Waals surface area contributed by atoms with Crippen molar-refractivity contribution in [2.75, 3.05) is 13.2 Å². The topological polar surface area (TPSA) is 75.4 Å². The molecule has 2 aliphatic rings. The minimum Gasteiger partial charge on any atom is -0.443 e. The number of fused-ring (bicyclic) bond motifs is 2. The Hall–Kier alpha value is -4.30. The van der Waals surface area contributed by atoms with Crippen molar-refractivity contribution in [3.63, 3.8) is 0 Å². The molecule has 214 valence electrons. The second kappa shape index (κ2) is 11.2. The molecule has 0 amide bonds. The van der Waals surface area contributed by atoms with Gasteiger partial charge in [0.25, 0.3) is 0 Å². The quantitative estimate of drug-likeness (QED) is 0.222. The molecule has 7 rings (SSSR count). The summed E-state index contributed by atoms with van der Waals surface area (Å²) in [5.74, 6) is 0.270. The number of aromatic nitrogens is 3. The van der Waals surface area contributed by atoms with E-state index >= 15 is 0 Å². The van der Waals surface area contributed by atoms with Gasteiger partial charge >= 0.3 is 6.09 Å². The van der Waals surface area contributed by atoms with Crippen molar-refractivity contribution in [3.05, 3.63) is 95.6 Å². The van der Waals surface area contributed by atoms with E-state index in [0.29, 0.717) is 31.6 Å². The number of carbonyl (C=O) groups is 2. The first-order chi connectivity index (χ1) is 20.6. The molecule has 1 aliphatic heterocycles. The fourth-order valence-electron chi connectivity index (χ4n) is 6.72. The summed E-state index contributed by atoms with van der Waals surface area (Å²) in [7, 11) is 0. The molecule has 1 unspecified atom stereocenters. The van der Waals surface area contributed by atoms with Crippen LogP contribution in [-0.2, 0) is 20.9 Å². The van der Waals surface area contributed by atoms with Crippen LogP contribution >= 0.6 is 0 Å². The number of ether oxygens (including phenoxy) is 2. The third kappa shape index (κ3) is 4.90. The molecule has 8 heteroatoms. The number of rotatable bonds is 5. The van der Waals surface area contributed by atoms with Gasteiger partial charge in [-0.25, -0.2) is 9.18 Å². The summed E-state index contributed by atoms with van der Waals surface area (Å²) in [6, 6.07) is 20.2. The lowest BCUT2D eigenvalue weighted by Gasteiger charge is -2.29. The Morgan fingerprint density at radius 1 is 0.976 bits per heavy atom. The molecule has 1 saturated heterocycles. The van der Waals surface area contributed by atoms with Gasteiger partial charge in [-0.15, -0.1) is 0 Å². The number of hydrogen-bond acceptors (Lipinski definition) is 5. The van der Waals surface area contributed by atoms with Crippen LogP contribution in [0.4, 0.5) is 9.18 Å². The summed E-state index contributed by atoms with van der Waals surface area (Å²) in [6.07, 6.45) is 5.74. The molecule has 3 aromatic carbocycles. The summed E-state index contributed by atoms with van der Waals surface area (Å²) in [5.41, 5.74) is 5.69. The van der Waals surface area contributed by atoms with E-state index in [1.165, 1.54) is 22.5 Å². The van der Waals surface area contributed by atoms with E-state index in [4.69, 9.17) is 9.47 Å². The predicted molar refractivity (Wildman–Crippen MR) is 158 cm³/mol. The Morgan fingerprint density at radius 3 is 2.52 bits per heavy atom. The number of hydrogen-bond donors (Lipinski definition) is 0. The monoisotopic (exact) mass is 565 g/mol. The Morgan fingerprint density at radius 2 is 1.76 bits per heavy atom. The predicted octanol–water partition coefficient (Wildman–Crippen LogP) is 7.42. The van der Waals surface area contributed by atoms with Gasteiger partial charge in [0.1, 0.15) is 18.2 Å². The van der Waals surface area contributed by atoms with Crippen molar-refractivity contribution in [3.8, 4) is 5.69 Å². The molecule has 3 heterocycles. The van der Waals surface area contributed by atoms with E-state index in [2.05, 4.69) is 15.7 Å². The molecular formula is C34H32FN3O4. The summed E-state index contributed by atoms with van der Waals surface area (Å²) >= 11 is 0. The third-order valence-electron chi connectivity index (χ3n) is 8.69. The largest absolute Gasteiger partial charge is 0.443 e. The van der Waals surface area contributed by atoms with Crippen LogP contribution in [0.1, 0.15) is 67.2 Å². The molecule has 1 aliphatic carbocycles. The fourth-order valence-corrected chi connectivity index (χ4v) is 6.72. The molecule has 5 aromatic rings. The highest BCUT2D eigenvalue weighted by Gasteiger charge is 2.33. The van der Waals surface area contributed by atoms with Crippen molar-refractivity contribution in [1.82, 2.24) is 14.3 Å². The van der Waals surface area contributed by atoms with E-state index < -0.39 is 6.09 Å². The highest BCUT2D eigenvalue weighted by Crippen LogP contribution is 2.46. The average molecular weight is 566 g/mol. The van der Waals surface area contributed by atoms with Gasteiger partial charge in [0.05, 0.1) is 17.2 Å². The zero-order chi connectivity index (χ0) is 28.6. The summed E-state index contributed by atoms with van der Waals surface area (Å²) in [5, 5.41) is 6.19. The van der Waals surface area contributed by atoms with Gasteiger partial charge in [0.15, 0.2) is 0 Å². The number of halogens is 1. The number of ketones is 1. The number of Topliss-reactive ketones (excluding diaryl/α,β-unsaturated/α-hetero) is 1. The van der Waals surface area contributed by atoms with Gasteiger partial charge in [-0.2, -0.15) is 9.78 Å². The molecule has 0 spiro atoms. The van der Waals surface area contributed by atoms with E-state index in [9.17, 15) is 14.0 Å². The van der Waals surface area contributed by atoms with Crippen LogP contribution in [0.25, 0.3) is 27.5 Å². The maximum atomic E-state index is 14.1. The fraction of sp³-hybridized carbons (Fsp3) is 0.324. The average Bonchev–Trinajstić information content (AvgIpc) is 3.59. The van der Waals surface area contributed by atoms with Crippen LogP contribution in [0.2, 0.25) is 0 Å². The number of carbonyl (C=O) groups excluding carboxylic acids is 2. The molecular weight excluding hydrogens is 533 g/mol. The molecule has 2 fully saturated rings. The Bertz CT molecular complexity index is 1770. The van der Waals surface area contributed by atoms with Gasteiger partial charge < -0.3 is 14.0 Å². The third-order valence-corrected chi connectivity index (χ3v) is 8.69. The lowest BCUT2D eigenvalue weighted by atomic mass is 9.79. The van der Waals surface area contributed by atoms with Gasteiger partial charge in [-0.05, 0) is 79.1 Å². The Balaban J connectivity index is 1.42. The summed E-state index contributed by atoms with van der Waals surface area (Å²) in [6.45, 7) is 1.49. The van der Waals surface area contributed by atoms with Crippen molar-refractivity contribution < 1.29 is 23.5 Å². The molecule has 0 radical (unpaired) electrons. The van der Waals surface area contributed by atoms with Crippen LogP contribution in [0.15, 0.2) is 72.9 Å². The van der Waals surface area contributed by atoms with Crippen LogP contribution < -0.4 is 0 Å². The molecule has 0 bridgehead atoms. The summed E-state index contributed by atoms with van der Waals surface area (Å²) in [4.78, 5) is 26.0. The van der Waals surface area contributed by atoms with Crippen molar-refractivity contribution in [2.24, 2.45) is 0 Å². The van der Waals surface area contributed by atoms with Gasteiger partial charge in [-0.3, -0.25) is 4.79 Å². The van der Waals surface area contributed by atoms with E-state index in [1.807, 2.05) is 48.5 Å². The minimum absolute atomic E-state index is 0.0622. The minimum atomic E-state index is -0.551. The SMILES string of the molecule is O=C1CCCC(c2c(C3CCOCC3)n(-c3ccc(F)cc3)c3cc4cnn(C(=O)OCc5ccccc5)c4cc23)C1. The molecule has 1 saturated carbocycles. The second-order valence-electron chi connectivity index (χ2n) is 11.4. The van der Waals surface area contributed by atoms with Gasteiger partial charge in [0.2, 0.25) is 0 Å². The molecule has 7 nitrogen and oxygen atoms in total. The maximum absolute atomic E-state index is 14.1. The van der Waals surface area contributed by atoms with Crippen molar-refractivity contribution >= 4 is 33.7 Å². The van der Waals surface area contributed by atoms with Crippen LogP contribution in [0.5, 0.6) is 0 Å². The first-order valence-electron chi connectivity index (χ1n) is 14.7. The van der Waals surface area contributed by atoms with Crippen LogP contribution in [0.3, 0.4) is 0 Å². The van der Waals surface area contributed by atoms with Crippen LogP contribution in [-0.4, -0.2) is 39.4 Å². The summed E-state index contributed by atoms with van der Waals surface area (Å²) < 4.78 is 29.0. The first-order valence-corrected chi connectivity index (χ1v) is 14.7. The molecule has 0 N–H and O–H groups in total. The first kappa shape index (κ1) is 26.6. The van der Waals surface area contributed by atoms with Gasteiger partial charge in [-0.1, -0.05) is 30.3 Å².